The molecule has 1 spiro atoms. The van der Waals surface area contributed by atoms with Crippen molar-refractivity contribution in [3.05, 3.63) is 47.3 Å². The molecule has 28 heavy (non-hydrogen) atoms. The molecule has 0 unspecified atom stereocenters. The van der Waals surface area contributed by atoms with Crippen molar-refractivity contribution >= 4 is 21.6 Å². The van der Waals surface area contributed by atoms with Gasteiger partial charge in [0.25, 0.3) is 5.91 Å². The molecule has 0 radical (unpaired) electrons. The molecule has 1 aromatic carbocycles. The first-order chi connectivity index (χ1) is 13.3. The van der Waals surface area contributed by atoms with Gasteiger partial charge in [-0.15, -0.1) is 0 Å². The lowest BCUT2D eigenvalue weighted by Gasteiger charge is -2.43. The number of H-pyrrole nitrogens is 1. The largest absolute Gasteiger partial charge is 0.368 e. The molecular weight excluding hydrogens is 380 g/mol. The molecule has 3 heterocycles. The summed E-state index contributed by atoms with van der Waals surface area (Å²) >= 11 is 0. The van der Waals surface area contributed by atoms with Crippen LogP contribution >= 0.6 is 0 Å². The summed E-state index contributed by atoms with van der Waals surface area (Å²) in [5.74, 6) is -0.0518. The van der Waals surface area contributed by atoms with Crippen LogP contribution in [-0.2, 0) is 26.8 Å². The van der Waals surface area contributed by atoms with Crippen molar-refractivity contribution in [3.63, 3.8) is 0 Å². The molecule has 0 atom stereocenters. The Morgan fingerprint density at radius 2 is 1.93 bits per heavy atom. The number of aromatic nitrogens is 2. The van der Waals surface area contributed by atoms with Gasteiger partial charge in [0, 0.05) is 25.7 Å². The van der Waals surface area contributed by atoms with Gasteiger partial charge in [-0.05, 0) is 49.1 Å². The van der Waals surface area contributed by atoms with Gasteiger partial charge >= 0.3 is 0 Å². The van der Waals surface area contributed by atoms with Gasteiger partial charge in [0.1, 0.15) is 5.60 Å². The molecule has 1 fully saturated rings. The van der Waals surface area contributed by atoms with Crippen molar-refractivity contribution in [1.29, 1.82) is 0 Å². The highest BCUT2D eigenvalue weighted by Gasteiger charge is 2.43. The maximum Gasteiger partial charge on any atom is 0.253 e. The average Bonchev–Trinajstić information content (AvgIpc) is 3.17. The molecule has 0 saturated carbocycles. The third-order valence-electron chi connectivity index (χ3n) is 5.76. The van der Waals surface area contributed by atoms with Crippen LogP contribution in [0.25, 0.3) is 0 Å². The van der Waals surface area contributed by atoms with Crippen LogP contribution in [0.5, 0.6) is 0 Å². The van der Waals surface area contributed by atoms with Crippen molar-refractivity contribution in [2.45, 2.75) is 24.9 Å². The molecule has 1 amide bonds. The molecule has 0 aliphatic carbocycles. The number of nitrogens with zero attached hydrogens (tertiary/aromatic N) is 3. The summed E-state index contributed by atoms with van der Waals surface area (Å²) in [6.45, 7) is 1.88. The van der Waals surface area contributed by atoms with Crippen molar-refractivity contribution in [2.75, 3.05) is 37.3 Å². The molecule has 8 nitrogen and oxygen atoms in total. The van der Waals surface area contributed by atoms with Crippen LogP contribution in [-0.4, -0.2) is 62.4 Å². The van der Waals surface area contributed by atoms with Crippen LogP contribution in [0.3, 0.4) is 0 Å². The second-order valence-electron chi connectivity index (χ2n) is 7.43. The zero-order chi connectivity index (χ0) is 19.9. The Kier molecular flexibility index (Phi) is 4.67. The molecule has 2 aliphatic heterocycles. The minimum Gasteiger partial charge on any atom is -0.368 e. The number of hydrogen-bond donors (Lipinski definition) is 1. The van der Waals surface area contributed by atoms with E-state index in [1.807, 2.05) is 11.1 Å². The highest BCUT2D eigenvalue weighted by molar-refractivity contribution is 7.92. The molecule has 1 saturated heterocycles. The smallest absolute Gasteiger partial charge is 0.253 e. The summed E-state index contributed by atoms with van der Waals surface area (Å²) in [4.78, 5) is 14.7. The van der Waals surface area contributed by atoms with Crippen LogP contribution in [0, 0.1) is 0 Å². The zero-order valence-corrected chi connectivity index (χ0v) is 16.8. The average molecular weight is 404 g/mol. The summed E-state index contributed by atoms with van der Waals surface area (Å²) in [5.41, 5.74) is 2.96. The fourth-order valence-corrected chi connectivity index (χ4v) is 4.48. The summed E-state index contributed by atoms with van der Waals surface area (Å²) < 4.78 is 30.6. The summed E-state index contributed by atoms with van der Waals surface area (Å²) in [5, 5.41) is 7.25. The van der Waals surface area contributed by atoms with Gasteiger partial charge in [-0.25, -0.2) is 8.42 Å². The molecule has 150 valence electrons. The van der Waals surface area contributed by atoms with Gasteiger partial charge in [-0.1, -0.05) is 0 Å². The topological polar surface area (TPSA) is 95.6 Å². The van der Waals surface area contributed by atoms with Crippen LogP contribution in [0.15, 0.2) is 30.5 Å². The van der Waals surface area contributed by atoms with Gasteiger partial charge in [0.15, 0.2) is 0 Å². The monoisotopic (exact) mass is 404 g/mol. The number of nitrogens with one attached hydrogen (secondary N) is 1. The summed E-state index contributed by atoms with van der Waals surface area (Å²) in [7, 11) is -1.84. The van der Waals surface area contributed by atoms with Crippen molar-refractivity contribution in [1.82, 2.24) is 15.1 Å². The predicted molar refractivity (Wildman–Crippen MR) is 105 cm³/mol. The van der Waals surface area contributed by atoms with Crippen LogP contribution in [0.4, 0.5) is 5.69 Å². The number of ether oxygens (including phenoxy) is 1. The van der Waals surface area contributed by atoms with Gasteiger partial charge in [0.05, 0.1) is 30.4 Å². The third-order valence-corrected chi connectivity index (χ3v) is 6.96. The molecule has 1 N–H and O–H groups in total. The van der Waals surface area contributed by atoms with E-state index in [9.17, 15) is 13.2 Å². The van der Waals surface area contributed by atoms with E-state index in [1.54, 1.807) is 24.3 Å². The maximum atomic E-state index is 12.9. The zero-order valence-electron chi connectivity index (χ0n) is 16.0. The standard InChI is InChI=1S/C19H24N4O4S/c1-22(28(2,25)26)16-5-3-14(4-6-16)18(24)23-10-8-19(9-11-23)17-15(7-12-27-19)13-20-21-17/h3-6,13H,7-12H2,1-2H3,(H,20,21). The predicted octanol–water partition coefficient (Wildman–Crippen LogP) is 1.51. The number of aromatic amines is 1. The number of fused-ring (bicyclic) bond motifs is 2. The number of carbonyl (C=O) groups is 1. The van der Waals surface area contributed by atoms with Gasteiger partial charge in [-0.3, -0.25) is 14.2 Å². The van der Waals surface area contributed by atoms with Gasteiger partial charge in [0.2, 0.25) is 10.0 Å². The third kappa shape index (κ3) is 3.29. The van der Waals surface area contributed by atoms with Gasteiger partial charge < -0.3 is 9.64 Å². The van der Waals surface area contributed by atoms with E-state index in [-0.39, 0.29) is 11.5 Å². The van der Waals surface area contributed by atoms with Crippen molar-refractivity contribution in [3.8, 4) is 0 Å². The van der Waals surface area contributed by atoms with Crippen LogP contribution in [0.2, 0.25) is 0 Å². The Labute approximate surface area is 164 Å². The molecule has 2 aliphatic rings. The minimum absolute atomic E-state index is 0.0518. The fourth-order valence-electron chi connectivity index (χ4n) is 3.98. The van der Waals surface area contributed by atoms with Crippen molar-refractivity contribution < 1.29 is 17.9 Å². The number of hydrogen-bond acceptors (Lipinski definition) is 5. The molecule has 4 rings (SSSR count). The Bertz CT molecular complexity index is 976. The first-order valence-corrected chi connectivity index (χ1v) is 11.1. The van der Waals surface area contributed by atoms with E-state index in [2.05, 4.69) is 10.2 Å². The first kappa shape index (κ1) is 18.9. The van der Waals surface area contributed by atoms with E-state index in [0.29, 0.717) is 30.9 Å². The number of benzene rings is 1. The van der Waals surface area contributed by atoms with E-state index >= 15 is 0 Å². The van der Waals surface area contributed by atoms with Crippen molar-refractivity contribution in [2.24, 2.45) is 0 Å². The second-order valence-corrected chi connectivity index (χ2v) is 9.45. The lowest BCUT2D eigenvalue weighted by Crippen LogP contribution is -2.48. The van der Waals surface area contributed by atoms with E-state index in [0.717, 1.165) is 31.2 Å². The Balaban J connectivity index is 1.45. The van der Waals surface area contributed by atoms with E-state index in [4.69, 9.17) is 4.74 Å². The molecule has 9 heteroatoms. The number of likely N-dealkylation sites (tertiary alicyclic amines) is 1. The highest BCUT2D eigenvalue weighted by atomic mass is 32.2. The van der Waals surface area contributed by atoms with E-state index in [1.165, 1.54) is 16.9 Å². The molecule has 2 aromatic rings. The minimum atomic E-state index is -3.33. The Hall–Kier alpha value is -2.39. The lowest BCUT2D eigenvalue weighted by molar-refractivity contribution is -0.0962. The molecule has 1 aromatic heterocycles. The molecule has 0 bridgehead atoms. The lowest BCUT2D eigenvalue weighted by atomic mass is 9.83. The highest BCUT2D eigenvalue weighted by Crippen LogP contribution is 2.40. The summed E-state index contributed by atoms with van der Waals surface area (Å²) in [6.07, 6.45) is 5.33. The van der Waals surface area contributed by atoms with E-state index < -0.39 is 10.0 Å². The number of sulfonamides is 1. The maximum absolute atomic E-state index is 12.9. The Morgan fingerprint density at radius 1 is 1.25 bits per heavy atom. The normalized spacial score (nSPS) is 18.7. The molecular formula is C19H24N4O4S. The number of piperidine rings is 1. The number of amides is 1. The first-order valence-electron chi connectivity index (χ1n) is 9.30. The number of carbonyl (C=O) groups excluding carboxylic acids is 1. The number of anilines is 1. The van der Waals surface area contributed by atoms with Gasteiger partial charge in [-0.2, -0.15) is 5.10 Å². The Morgan fingerprint density at radius 3 is 2.57 bits per heavy atom. The number of rotatable bonds is 3. The quantitative estimate of drug-likeness (QED) is 0.837. The summed E-state index contributed by atoms with van der Waals surface area (Å²) in [6, 6.07) is 6.66. The fraction of sp³-hybridized carbons (Fsp3) is 0.474. The SMILES string of the molecule is CN(c1ccc(C(=O)N2CCC3(CC2)OCCc2cn[nH]c23)cc1)S(C)(=O)=O. The van der Waals surface area contributed by atoms with Crippen LogP contribution < -0.4 is 4.31 Å². The second kappa shape index (κ2) is 6.89. The van der Waals surface area contributed by atoms with Crippen LogP contribution in [0.1, 0.15) is 34.5 Å².